The Morgan fingerprint density at radius 1 is 1.09 bits per heavy atom. The van der Waals surface area contributed by atoms with Gasteiger partial charge < -0.3 is 24.1 Å². The largest absolute Gasteiger partial charge is 0.494 e. The number of carbonyl (C=O) groups is 1. The lowest BCUT2D eigenvalue weighted by atomic mass is 9.58. The van der Waals surface area contributed by atoms with Gasteiger partial charge in [0, 0.05) is 24.7 Å². The summed E-state index contributed by atoms with van der Waals surface area (Å²) in [5.41, 5.74) is -0.332. The lowest BCUT2D eigenvalue weighted by Gasteiger charge is -2.60. The number of hydrogen-bond acceptors (Lipinski definition) is 7. The number of fused-ring (bicyclic) bond motifs is 2. The lowest BCUT2D eigenvalue weighted by Crippen LogP contribution is -2.70. The molecule has 33 heavy (non-hydrogen) atoms. The van der Waals surface area contributed by atoms with Crippen LogP contribution in [0.2, 0.25) is 0 Å². The molecule has 1 aromatic carbocycles. The highest BCUT2D eigenvalue weighted by atomic mass is 17.3. The molecule has 0 amide bonds. The number of carboxylic acid groups (broad SMARTS) is 1. The molecule has 8 atom stereocenters. The fraction of sp³-hybridized carbons (Fsp3) is 0.720. The van der Waals surface area contributed by atoms with Gasteiger partial charge in [-0.25, -0.2) is 14.6 Å². The normalized spacial score (nSPS) is 41.8. The minimum absolute atomic E-state index is 0.149. The van der Waals surface area contributed by atoms with Crippen molar-refractivity contribution in [2.75, 3.05) is 13.2 Å². The minimum atomic E-state index is -0.950. The number of rotatable bonds is 7. The molecule has 4 heterocycles. The first-order chi connectivity index (χ1) is 15.8. The Balaban J connectivity index is 1.18. The maximum absolute atomic E-state index is 10.9. The van der Waals surface area contributed by atoms with Crippen molar-refractivity contribution < 1.29 is 38.6 Å². The van der Waals surface area contributed by atoms with Crippen LogP contribution in [-0.4, -0.2) is 48.3 Å². The highest BCUT2D eigenvalue weighted by molar-refractivity contribution is 5.87. The maximum atomic E-state index is 10.9. The molecule has 1 aromatic rings. The standard InChI is InChI=1S/C25H34O8/c1-15-5-10-20-16(2)22(29-14-4-13-28-18-8-6-17(7-9-18)21(26)27)30-23-25(20)19(15)11-12-24(3,31-23)32-33-25/h6-9,15-16,19-20,22-23H,4-5,10-14H2,1-3H3,(H,26,27)/t15-,16-,19?,20+,22+,23-,24-,25-/m1/s1. The topological polar surface area (TPSA) is 92.7 Å². The molecular weight excluding hydrogens is 428 g/mol. The number of hydrogen-bond donors (Lipinski definition) is 1. The molecule has 4 aliphatic heterocycles. The van der Waals surface area contributed by atoms with Gasteiger partial charge in [-0.1, -0.05) is 13.8 Å². The zero-order valence-electron chi connectivity index (χ0n) is 19.5. The summed E-state index contributed by atoms with van der Waals surface area (Å²) in [4.78, 5) is 23.0. The molecule has 182 valence electrons. The van der Waals surface area contributed by atoms with Crippen LogP contribution >= 0.6 is 0 Å². The van der Waals surface area contributed by atoms with Crippen LogP contribution in [0.5, 0.6) is 5.75 Å². The Labute approximate surface area is 194 Å². The average Bonchev–Trinajstić information content (AvgIpc) is 3.03. The van der Waals surface area contributed by atoms with Gasteiger partial charge >= 0.3 is 5.97 Å². The molecule has 0 radical (unpaired) electrons. The van der Waals surface area contributed by atoms with E-state index in [0.717, 1.165) is 25.7 Å². The van der Waals surface area contributed by atoms with Gasteiger partial charge in [0.15, 0.2) is 18.2 Å². The second-order valence-corrected chi connectivity index (χ2v) is 10.2. The summed E-state index contributed by atoms with van der Waals surface area (Å²) in [5.74, 6) is 0.173. The Morgan fingerprint density at radius 2 is 1.88 bits per heavy atom. The number of carboxylic acids is 1. The van der Waals surface area contributed by atoms with Crippen LogP contribution in [0.1, 0.15) is 63.2 Å². The summed E-state index contributed by atoms with van der Waals surface area (Å²) in [7, 11) is 0. The third kappa shape index (κ3) is 4.06. The van der Waals surface area contributed by atoms with E-state index in [0.29, 0.717) is 37.2 Å². The molecule has 2 bridgehead atoms. The Hall–Kier alpha value is -1.71. The van der Waals surface area contributed by atoms with Crippen molar-refractivity contribution in [3.8, 4) is 5.75 Å². The van der Waals surface area contributed by atoms with Crippen molar-refractivity contribution >= 4 is 5.97 Å². The zero-order valence-corrected chi connectivity index (χ0v) is 19.5. The monoisotopic (exact) mass is 462 g/mol. The van der Waals surface area contributed by atoms with Crippen molar-refractivity contribution in [2.45, 2.75) is 76.8 Å². The van der Waals surface area contributed by atoms with Crippen LogP contribution in [0.4, 0.5) is 0 Å². The Bertz CT molecular complexity index is 858. The van der Waals surface area contributed by atoms with Crippen LogP contribution < -0.4 is 4.74 Å². The minimum Gasteiger partial charge on any atom is -0.494 e. The molecule has 0 aromatic heterocycles. The van der Waals surface area contributed by atoms with Crippen molar-refractivity contribution in [1.82, 2.24) is 0 Å². The lowest BCUT2D eigenvalue weighted by molar-refractivity contribution is -0.577. The van der Waals surface area contributed by atoms with Crippen LogP contribution in [-0.2, 0) is 24.0 Å². The van der Waals surface area contributed by atoms with Crippen molar-refractivity contribution in [3.63, 3.8) is 0 Å². The van der Waals surface area contributed by atoms with Gasteiger partial charge in [-0.2, -0.15) is 0 Å². The maximum Gasteiger partial charge on any atom is 0.335 e. The Morgan fingerprint density at radius 3 is 2.64 bits per heavy atom. The SMILES string of the molecule is C[C@H]1[C@@H](OCCCOc2ccc(C(=O)O)cc2)O[C@@H]2O[C@@]3(C)CCC4[C@H](C)CC[C@@H]1[C@]42OO3. The van der Waals surface area contributed by atoms with Gasteiger partial charge in [0.05, 0.1) is 18.8 Å². The Kier molecular flexibility index (Phi) is 6.16. The predicted octanol–water partition coefficient (Wildman–Crippen LogP) is 4.38. The van der Waals surface area contributed by atoms with Gasteiger partial charge in [-0.15, -0.1) is 0 Å². The van der Waals surface area contributed by atoms with Crippen molar-refractivity contribution in [2.24, 2.45) is 23.7 Å². The number of benzene rings is 1. The molecule has 1 saturated carbocycles. The van der Waals surface area contributed by atoms with E-state index in [1.807, 2.05) is 6.92 Å². The molecule has 8 nitrogen and oxygen atoms in total. The summed E-state index contributed by atoms with van der Waals surface area (Å²) in [6, 6.07) is 6.40. The molecule has 1 N–H and O–H groups in total. The van der Waals surface area contributed by atoms with Gasteiger partial charge in [0.1, 0.15) is 5.75 Å². The third-order valence-electron chi connectivity index (χ3n) is 8.04. The van der Waals surface area contributed by atoms with E-state index in [-0.39, 0.29) is 23.7 Å². The quantitative estimate of drug-likeness (QED) is 0.472. The molecule has 5 aliphatic rings. The highest BCUT2D eigenvalue weighted by Crippen LogP contribution is 2.60. The van der Waals surface area contributed by atoms with Crippen LogP contribution in [0.15, 0.2) is 24.3 Å². The number of ether oxygens (including phenoxy) is 4. The summed E-state index contributed by atoms with van der Waals surface area (Å²) in [5, 5.41) is 8.98. The zero-order chi connectivity index (χ0) is 23.2. The molecule has 1 unspecified atom stereocenters. The van der Waals surface area contributed by atoms with E-state index >= 15 is 0 Å². The molecule has 5 fully saturated rings. The molecule has 8 heteroatoms. The fourth-order valence-electron chi connectivity index (χ4n) is 6.20. The average molecular weight is 463 g/mol. The predicted molar refractivity (Wildman–Crippen MR) is 116 cm³/mol. The smallest absolute Gasteiger partial charge is 0.335 e. The van der Waals surface area contributed by atoms with Gasteiger partial charge in [0.25, 0.3) is 0 Å². The summed E-state index contributed by atoms with van der Waals surface area (Å²) in [6.07, 6.45) is 3.82. The highest BCUT2D eigenvalue weighted by Gasteiger charge is 2.69. The summed E-state index contributed by atoms with van der Waals surface area (Å²) >= 11 is 0. The first-order valence-electron chi connectivity index (χ1n) is 12.1. The molecular formula is C25H34O8. The van der Waals surface area contributed by atoms with Crippen LogP contribution in [0, 0.1) is 23.7 Å². The van der Waals surface area contributed by atoms with E-state index in [2.05, 4.69) is 13.8 Å². The molecule has 4 saturated heterocycles. The fourth-order valence-corrected chi connectivity index (χ4v) is 6.20. The van der Waals surface area contributed by atoms with E-state index in [9.17, 15) is 4.79 Å². The second-order valence-electron chi connectivity index (χ2n) is 10.2. The van der Waals surface area contributed by atoms with Crippen LogP contribution in [0.3, 0.4) is 0 Å². The second kappa shape index (κ2) is 8.82. The first-order valence-corrected chi connectivity index (χ1v) is 12.1. The van der Waals surface area contributed by atoms with E-state index < -0.39 is 23.6 Å². The molecule has 1 aliphatic carbocycles. The van der Waals surface area contributed by atoms with Crippen molar-refractivity contribution in [1.29, 1.82) is 0 Å². The van der Waals surface area contributed by atoms with E-state index in [4.69, 9.17) is 33.8 Å². The van der Waals surface area contributed by atoms with Gasteiger partial charge in [-0.05, 0) is 62.3 Å². The van der Waals surface area contributed by atoms with Gasteiger partial charge in [-0.3, -0.25) is 0 Å². The summed E-state index contributed by atoms with van der Waals surface area (Å²) in [6.45, 7) is 7.36. The summed E-state index contributed by atoms with van der Waals surface area (Å²) < 4.78 is 24.7. The van der Waals surface area contributed by atoms with Crippen molar-refractivity contribution in [3.05, 3.63) is 29.8 Å². The molecule has 6 rings (SSSR count). The van der Waals surface area contributed by atoms with E-state index in [1.165, 1.54) is 12.1 Å². The third-order valence-corrected chi connectivity index (χ3v) is 8.04. The first kappa shape index (κ1) is 23.1. The van der Waals surface area contributed by atoms with Gasteiger partial charge in [0.2, 0.25) is 5.79 Å². The molecule has 1 spiro atoms. The number of aromatic carboxylic acids is 1. The van der Waals surface area contributed by atoms with Crippen LogP contribution in [0.25, 0.3) is 0 Å². The van der Waals surface area contributed by atoms with E-state index in [1.54, 1.807) is 12.1 Å².